The number of aromatic nitrogens is 2. The number of ether oxygens (including phenoxy) is 1. The van der Waals surface area contributed by atoms with Crippen molar-refractivity contribution in [2.75, 3.05) is 12.8 Å². The van der Waals surface area contributed by atoms with E-state index in [2.05, 4.69) is 9.97 Å². The molecule has 0 unspecified atom stereocenters. The molecule has 0 fully saturated rings. The maximum atomic E-state index is 11.2. The van der Waals surface area contributed by atoms with Gasteiger partial charge in [-0.3, -0.25) is 0 Å². The minimum absolute atomic E-state index is 0.208. The predicted molar refractivity (Wildman–Crippen MR) is 70.7 cm³/mol. The van der Waals surface area contributed by atoms with Crippen molar-refractivity contribution in [1.29, 1.82) is 0 Å². The number of aryl methyl sites for hydroxylation is 2. The molecule has 5 heteroatoms. The van der Waals surface area contributed by atoms with Gasteiger partial charge in [0.15, 0.2) is 0 Å². The van der Waals surface area contributed by atoms with Crippen LogP contribution in [0.25, 0.3) is 11.1 Å². The SMILES string of the molecule is COc1ccc(C)cc1-c1c(N)nc(=O)[nH]c1C. The van der Waals surface area contributed by atoms with Crippen LogP contribution in [0, 0.1) is 13.8 Å². The van der Waals surface area contributed by atoms with Gasteiger partial charge in [0.1, 0.15) is 11.6 Å². The first kappa shape index (κ1) is 12.2. The average molecular weight is 245 g/mol. The van der Waals surface area contributed by atoms with Crippen molar-refractivity contribution in [2.24, 2.45) is 0 Å². The average Bonchev–Trinajstić information content (AvgIpc) is 2.28. The molecule has 0 amide bonds. The van der Waals surface area contributed by atoms with Crippen LogP contribution in [0.1, 0.15) is 11.3 Å². The largest absolute Gasteiger partial charge is 0.496 e. The first-order chi connectivity index (χ1) is 8.52. The fourth-order valence-electron chi connectivity index (χ4n) is 1.97. The van der Waals surface area contributed by atoms with E-state index in [0.717, 1.165) is 11.1 Å². The molecule has 0 atom stereocenters. The molecule has 0 aliphatic rings. The highest BCUT2D eigenvalue weighted by atomic mass is 16.5. The highest BCUT2D eigenvalue weighted by molar-refractivity contribution is 5.80. The van der Waals surface area contributed by atoms with Gasteiger partial charge < -0.3 is 15.5 Å². The molecule has 1 heterocycles. The lowest BCUT2D eigenvalue weighted by Gasteiger charge is -2.13. The van der Waals surface area contributed by atoms with Crippen LogP contribution in [-0.4, -0.2) is 17.1 Å². The van der Waals surface area contributed by atoms with Gasteiger partial charge in [0.2, 0.25) is 0 Å². The minimum atomic E-state index is -0.444. The van der Waals surface area contributed by atoms with E-state index in [0.29, 0.717) is 17.0 Å². The minimum Gasteiger partial charge on any atom is -0.496 e. The van der Waals surface area contributed by atoms with Crippen molar-refractivity contribution < 1.29 is 4.74 Å². The van der Waals surface area contributed by atoms with E-state index >= 15 is 0 Å². The number of hydrogen-bond acceptors (Lipinski definition) is 4. The smallest absolute Gasteiger partial charge is 0.347 e. The maximum Gasteiger partial charge on any atom is 0.347 e. The number of nitrogens with two attached hydrogens (primary N) is 1. The van der Waals surface area contributed by atoms with E-state index in [1.807, 2.05) is 25.1 Å². The molecule has 0 saturated carbocycles. The molecule has 0 aliphatic carbocycles. The number of nitrogen functional groups attached to an aromatic ring is 1. The van der Waals surface area contributed by atoms with E-state index < -0.39 is 5.69 Å². The summed E-state index contributed by atoms with van der Waals surface area (Å²) in [6.45, 7) is 3.77. The predicted octanol–water partition coefficient (Wildman–Crippen LogP) is 1.64. The summed E-state index contributed by atoms with van der Waals surface area (Å²) in [5, 5.41) is 0. The number of nitrogens with zero attached hydrogens (tertiary/aromatic N) is 1. The summed E-state index contributed by atoms with van der Waals surface area (Å²) in [7, 11) is 1.60. The number of benzene rings is 1. The van der Waals surface area contributed by atoms with Gasteiger partial charge in [-0.1, -0.05) is 11.6 Å². The molecule has 0 aliphatic heterocycles. The second-order valence-corrected chi connectivity index (χ2v) is 4.13. The van der Waals surface area contributed by atoms with Crippen molar-refractivity contribution in [2.45, 2.75) is 13.8 Å². The number of aromatic amines is 1. The molecular formula is C13H15N3O2. The van der Waals surface area contributed by atoms with Gasteiger partial charge >= 0.3 is 5.69 Å². The van der Waals surface area contributed by atoms with Gasteiger partial charge in [0, 0.05) is 16.8 Å². The van der Waals surface area contributed by atoms with Gasteiger partial charge in [-0.05, 0) is 26.0 Å². The summed E-state index contributed by atoms with van der Waals surface area (Å²) < 4.78 is 5.32. The van der Waals surface area contributed by atoms with Crippen molar-refractivity contribution in [3.63, 3.8) is 0 Å². The van der Waals surface area contributed by atoms with Crippen LogP contribution in [-0.2, 0) is 0 Å². The monoisotopic (exact) mass is 245 g/mol. The molecule has 0 bridgehead atoms. The topological polar surface area (TPSA) is 81.0 Å². The number of hydrogen-bond donors (Lipinski definition) is 2. The summed E-state index contributed by atoms with van der Waals surface area (Å²) in [4.78, 5) is 17.6. The van der Waals surface area contributed by atoms with Crippen LogP contribution in [0.15, 0.2) is 23.0 Å². The Morgan fingerprint density at radius 2 is 2.06 bits per heavy atom. The fraction of sp³-hybridized carbons (Fsp3) is 0.231. The van der Waals surface area contributed by atoms with Crippen LogP contribution in [0.3, 0.4) is 0 Å². The molecular weight excluding hydrogens is 230 g/mol. The second kappa shape index (κ2) is 4.52. The number of methoxy groups -OCH3 is 1. The number of nitrogens with one attached hydrogen (secondary N) is 1. The molecule has 0 saturated heterocycles. The van der Waals surface area contributed by atoms with E-state index in [1.165, 1.54) is 0 Å². The number of anilines is 1. The van der Waals surface area contributed by atoms with Crippen LogP contribution in [0.5, 0.6) is 5.75 Å². The van der Waals surface area contributed by atoms with Crippen molar-refractivity contribution in [3.05, 3.63) is 39.9 Å². The lowest BCUT2D eigenvalue weighted by atomic mass is 10.0. The van der Waals surface area contributed by atoms with Crippen molar-refractivity contribution in [1.82, 2.24) is 9.97 Å². The summed E-state index contributed by atoms with van der Waals surface area (Å²) in [5.41, 5.74) is 8.69. The van der Waals surface area contributed by atoms with Crippen molar-refractivity contribution in [3.8, 4) is 16.9 Å². The summed E-state index contributed by atoms with van der Waals surface area (Å²) >= 11 is 0. The number of H-pyrrole nitrogens is 1. The Morgan fingerprint density at radius 3 is 2.67 bits per heavy atom. The molecule has 2 aromatic rings. The zero-order valence-electron chi connectivity index (χ0n) is 10.6. The maximum absolute atomic E-state index is 11.2. The summed E-state index contributed by atoms with van der Waals surface area (Å²) in [5.74, 6) is 0.907. The third-order valence-electron chi connectivity index (χ3n) is 2.77. The summed E-state index contributed by atoms with van der Waals surface area (Å²) in [6.07, 6.45) is 0. The van der Waals surface area contributed by atoms with Crippen LogP contribution >= 0.6 is 0 Å². The zero-order chi connectivity index (χ0) is 13.3. The van der Waals surface area contributed by atoms with Gasteiger partial charge in [0.25, 0.3) is 0 Å². The Kier molecular flexibility index (Phi) is 3.06. The second-order valence-electron chi connectivity index (χ2n) is 4.13. The first-order valence-electron chi connectivity index (χ1n) is 5.54. The molecule has 1 aromatic carbocycles. The third-order valence-corrected chi connectivity index (χ3v) is 2.77. The quantitative estimate of drug-likeness (QED) is 0.842. The Bertz CT molecular complexity index is 621. The summed E-state index contributed by atoms with van der Waals surface area (Å²) in [6, 6.07) is 5.78. The van der Waals surface area contributed by atoms with Gasteiger partial charge in [-0.25, -0.2) is 4.79 Å². The van der Waals surface area contributed by atoms with Crippen molar-refractivity contribution >= 4 is 5.82 Å². The Morgan fingerprint density at radius 1 is 1.33 bits per heavy atom. The molecule has 18 heavy (non-hydrogen) atoms. The van der Waals surface area contributed by atoms with E-state index in [9.17, 15) is 4.79 Å². The van der Waals surface area contributed by atoms with Crippen LogP contribution in [0.4, 0.5) is 5.82 Å². The Hall–Kier alpha value is -2.30. The van der Waals surface area contributed by atoms with Gasteiger partial charge in [0.05, 0.1) is 7.11 Å². The molecule has 2 rings (SSSR count). The standard InChI is InChI=1S/C13H15N3O2/c1-7-4-5-10(18-3)9(6-7)11-8(2)15-13(17)16-12(11)14/h4-6H,1-3H3,(H3,14,15,16,17). The van der Waals surface area contributed by atoms with Gasteiger partial charge in [-0.15, -0.1) is 0 Å². The lowest BCUT2D eigenvalue weighted by molar-refractivity contribution is 0.416. The first-order valence-corrected chi connectivity index (χ1v) is 5.54. The van der Waals surface area contributed by atoms with Gasteiger partial charge in [-0.2, -0.15) is 4.98 Å². The highest BCUT2D eigenvalue weighted by Crippen LogP contribution is 2.34. The van der Waals surface area contributed by atoms with E-state index in [1.54, 1.807) is 14.0 Å². The Labute approximate surface area is 105 Å². The fourth-order valence-corrected chi connectivity index (χ4v) is 1.97. The Balaban J connectivity index is 2.76. The molecule has 5 nitrogen and oxygen atoms in total. The molecule has 0 spiro atoms. The molecule has 1 aromatic heterocycles. The van der Waals surface area contributed by atoms with E-state index in [-0.39, 0.29) is 5.82 Å². The lowest BCUT2D eigenvalue weighted by Crippen LogP contribution is -2.15. The van der Waals surface area contributed by atoms with E-state index in [4.69, 9.17) is 10.5 Å². The van der Waals surface area contributed by atoms with Crippen LogP contribution < -0.4 is 16.2 Å². The zero-order valence-corrected chi connectivity index (χ0v) is 10.6. The molecule has 3 N–H and O–H groups in total. The highest BCUT2D eigenvalue weighted by Gasteiger charge is 2.14. The molecule has 0 radical (unpaired) electrons. The normalized spacial score (nSPS) is 10.4. The van der Waals surface area contributed by atoms with Crippen LogP contribution in [0.2, 0.25) is 0 Å². The molecule has 94 valence electrons. The third kappa shape index (κ3) is 2.07. The number of rotatable bonds is 2.